The molecule has 146 valence electrons. The smallest absolute Gasteiger partial charge is 0.323 e. The summed E-state index contributed by atoms with van der Waals surface area (Å²) in [5.41, 5.74) is 3.78. The maximum Gasteiger partial charge on any atom is 0.323 e. The van der Waals surface area contributed by atoms with Crippen LogP contribution < -0.4 is 5.43 Å². The van der Waals surface area contributed by atoms with Crippen LogP contribution in [-0.2, 0) is 11.3 Å². The van der Waals surface area contributed by atoms with Crippen LogP contribution in [0.15, 0.2) is 65.5 Å². The molecule has 4 rings (SSSR count). The van der Waals surface area contributed by atoms with E-state index in [9.17, 15) is 14.7 Å². The lowest BCUT2D eigenvalue weighted by Gasteiger charge is -2.20. The molecule has 0 aliphatic heterocycles. The lowest BCUT2D eigenvalue weighted by atomic mass is 9.96. The van der Waals surface area contributed by atoms with Gasteiger partial charge in [0.25, 0.3) is 0 Å². The number of aliphatic carboxylic acids is 1. The molecule has 0 atom stereocenters. The molecule has 3 aromatic carbocycles. The zero-order valence-electron chi connectivity index (χ0n) is 16.1. The van der Waals surface area contributed by atoms with Crippen LogP contribution >= 0.6 is 11.6 Å². The fourth-order valence-corrected chi connectivity index (χ4v) is 4.30. The summed E-state index contributed by atoms with van der Waals surface area (Å²) in [6.45, 7) is 3.72. The van der Waals surface area contributed by atoms with Crippen molar-refractivity contribution in [2.45, 2.75) is 26.3 Å². The molecule has 0 saturated heterocycles. The Morgan fingerprint density at radius 1 is 1.00 bits per heavy atom. The summed E-state index contributed by atoms with van der Waals surface area (Å²) in [5, 5.41) is 11.1. The first kappa shape index (κ1) is 19.2. The second-order valence-electron chi connectivity index (χ2n) is 7.42. The summed E-state index contributed by atoms with van der Waals surface area (Å²) in [6.07, 6.45) is 0. The summed E-state index contributed by atoms with van der Waals surface area (Å²) in [7, 11) is 0. The standard InChI is InChI=1S/C24H20ClNO3/c1-14(2)22-19(25)11-10-18-23(22)26(13-21(27)28)20-12-16(8-9-17(20)24(18)29)15-6-4-3-5-7-15/h3-12,14H,13H2,1-2H3,(H,27,28). The summed E-state index contributed by atoms with van der Waals surface area (Å²) < 4.78 is 1.71. The number of rotatable bonds is 4. The third kappa shape index (κ3) is 3.30. The maximum atomic E-state index is 13.3. The lowest BCUT2D eigenvalue weighted by molar-refractivity contribution is -0.137. The van der Waals surface area contributed by atoms with Crippen LogP contribution in [0.4, 0.5) is 0 Å². The van der Waals surface area contributed by atoms with Crippen molar-refractivity contribution >= 4 is 39.4 Å². The molecule has 0 unspecified atom stereocenters. The number of aromatic nitrogens is 1. The molecule has 1 aromatic heterocycles. The highest BCUT2D eigenvalue weighted by Crippen LogP contribution is 2.34. The van der Waals surface area contributed by atoms with Gasteiger partial charge in [-0.2, -0.15) is 0 Å². The Kier molecular flexibility index (Phi) is 4.89. The molecule has 1 N–H and O–H groups in total. The average Bonchev–Trinajstić information content (AvgIpc) is 2.70. The molecule has 0 aliphatic rings. The number of halogens is 1. The van der Waals surface area contributed by atoms with Crippen LogP contribution in [0.5, 0.6) is 0 Å². The SMILES string of the molecule is CC(C)c1c(Cl)ccc2c(=O)c3ccc(-c4ccccc4)cc3n(CC(=O)O)c12. The van der Waals surface area contributed by atoms with Gasteiger partial charge in [-0.3, -0.25) is 9.59 Å². The van der Waals surface area contributed by atoms with Crippen molar-refractivity contribution in [2.24, 2.45) is 0 Å². The molecule has 0 bridgehead atoms. The van der Waals surface area contributed by atoms with Crippen molar-refractivity contribution in [1.82, 2.24) is 4.57 Å². The topological polar surface area (TPSA) is 59.3 Å². The van der Waals surface area contributed by atoms with Crippen molar-refractivity contribution in [3.05, 3.63) is 81.5 Å². The molecule has 0 amide bonds. The van der Waals surface area contributed by atoms with Crippen LogP contribution in [0.2, 0.25) is 5.02 Å². The predicted octanol–water partition coefficient (Wildman–Crippen LogP) is 5.68. The van der Waals surface area contributed by atoms with Gasteiger partial charge >= 0.3 is 5.97 Å². The molecule has 0 spiro atoms. The van der Waals surface area contributed by atoms with E-state index in [0.29, 0.717) is 26.8 Å². The van der Waals surface area contributed by atoms with E-state index in [1.165, 1.54) is 0 Å². The first-order valence-electron chi connectivity index (χ1n) is 9.44. The van der Waals surface area contributed by atoms with E-state index in [-0.39, 0.29) is 17.9 Å². The zero-order chi connectivity index (χ0) is 20.7. The molecular weight excluding hydrogens is 386 g/mol. The minimum absolute atomic E-state index is 0.0281. The molecule has 4 aromatic rings. The molecule has 0 fully saturated rings. The van der Waals surface area contributed by atoms with Gasteiger partial charge in [0.05, 0.1) is 11.0 Å². The second kappa shape index (κ2) is 7.37. The largest absolute Gasteiger partial charge is 0.480 e. The average molecular weight is 406 g/mol. The monoisotopic (exact) mass is 405 g/mol. The molecule has 29 heavy (non-hydrogen) atoms. The third-order valence-corrected chi connectivity index (χ3v) is 5.52. The quantitative estimate of drug-likeness (QED) is 0.444. The van der Waals surface area contributed by atoms with Gasteiger partial charge in [-0.1, -0.05) is 61.8 Å². The summed E-state index contributed by atoms with van der Waals surface area (Å²) in [5.74, 6) is -0.948. The first-order chi connectivity index (χ1) is 13.9. The first-order valence-corrected chi connectivity index (χ1v) is 9.82. The summed E-state index contributed by atoms with van der Waals surface area (Å²) >= 11 is 6.47. The maximum absolute atomic E-state index is 13.3. The van der Waals surface area contributed by atoms with Crippen LogP contribution in [0, 0.1) is 0 Å². The van der Waals surface area contributed by atoms with E-state index >= 15 is 0 Å². The van der Waals surface area contributed by atoms with Crippen LogP contribution in [0.1, 0.15) is 25.3 Å². The highest BCUT2D eigenvalue weighted by atomic mass is 35.5. The molecule has 0 radical (unpaired) electrons. The molecule has 5 heteroatoms. The van der Waals surface area contributed by atoms with Gasteiger partial charge in [-0.25, -0.2) is 0 Å². The number of hydrogen-bond donors (Lipinski definition) is 1. The van der Waals surface area contributed by atoms with Gasteiger partial charge in [-0.05, 0) is 46.9 Å². The highest BCUT2D eigenvalue weighted by molar-refractivity contribution is 6.32. The van der Waals surface area contributed by atoms with Crippen molar-refractivity contribution in [1.29, 1.82) is 0 Å². The zero-order valence-corrected chi connectivity index (χ0v) is 16.9. The van der Waals surface area contributed by atoms with Crippen LogP contribution in [-0.4, -0.2) is 15.6 Å². The number of hydrogen-bond acceptors (Lipinski definition) is 2. The van der Waals surface area contributed by atoms with E-state index in [2.05, 4.69) is 0 Å². The fourth-order valence-electron chi connectivity index (χ4n) is 3.93. The number of nitrogens with zero attached hydrogens (tertiary/aromatic N) is 1. The Balaban J connectivity index is 2.20. The summed E-state index contributed by atoms with van der Waals surface area (Å²) in [4.78, 5) is 25.0. The Morgan fingerprint density at radius 2 is 1.69 bits per heavy atom. The van der Waals surface area contributed by atoms with Crippen molar-refractivity contribution in [3.63, 3.8) is 0 Å². The molecule has 0 saturated carbocycles. The fraction of sp³-hybridized carbons (Fsp3) is 0.167. The van der Waals surface area contributed by atoms with Gasteiger partial charge in [0.2, 0.25) is 0 Å². The Hall–Kier alpha value is -3.11. The van der Waals surface area contributed by atoms with Gasteiger partial charge in [0, 0.05) is 15.8 Å². The van der Waals surface area contributed by atoms with Crippen molar-refractivity contribution < 1.29 is 9.90 Å². The number of carbonyl (C=O) groups is 1. The van der Waals surface area contributed by atoms with Gasteiger partial charge in [-0.15, -0.1) is 0 Å². The Morgan fingerprint density at radius 3 is 2.34 bits per heavy atom. The third-order valence-electron chi connectivity index (χ3n) is 5.19. The minimum Gasteiger partial charge on any atom is -0.480 e. The number of carboxylic acids is 1. The lowest BCUT2D eigenvalue weighted by Crippen LogP contribution is -2.17. The molecule has 1 heterocycles. The predicted molar refractivity (Wildman–Crippen MR) is 118 cm³/mol. The Labute approximate surface area is 173 Å². The summed E-state index contributed by atoms with van der Waals surface area (Å²) in [6, 6.07) is 18.8. The number of carboxylic acid groups (broad SMARTS) is 1. The van der Waals surface area contributed by atoms with E-state index < -0.39 is 5.97 Å². The van der Waals surface area contributed by atoms with Gasteiger partial charge in [0.15, 0.2) is 5.43 Å². The molecular formula is C24H20ClNO3. The molecule has 0 aliphatic carbocycles. The Bertz CT molecular complexity index is 1310. The van der Waals surface area contributed by atoms with Crippen molar-refractivity contribution in [3.8, 4) is 11.1 Å². The number of benzene rings is 3. The van der Waals surface area contributed by atoms with Crippen molar-refractivity contribution in [2.75, 3.05) is 0 Å². The van der Waals surface area contributed by atoms with Gasteiger partial charge in [0.1, 0.15) is 6.54 Å². The second-order valence-corrected chi connectivity index (χ2v) is 7.83. The van der Waals surface area contributed by atoms with Crippen LogP contribution in [0.3, 0.4) is 0 Å². The van der Waals surface area contributed by atoms with E-state index in [1.54, 1.807) is 22.8 Å². The minimum atomic E-state index is -0.976. The van der Waals surface area contributed by atoms with Crippen LogP contribution in [0.25, 0.3) is 32.9 Å². The highest BCUT2D eigenvalue weighted by Gasteiger charge is 2.19. The van der Waals surface area contributed by atoms with E-state index in [1.807, 2.05) is 56.3 Å². The normalized spacial score (nSPS) is 11.4. The number of fused-ring (bicyclic) bond motifs is 2. The van der Waals surface area contributed by atoms with E-state index in [4.69, 9.17) is 11.6 Å². The number of pyridine rings is 1. The molecule has 4 nitrogen and oxygen atoms in total. The van der Waals surface area contributed by atoms with E-state index in [0.717, 1.165) is 16.7 Å². The van der Waals surface area contributed by atoms with Gasteiger partial charge < -0.3 is 9.67 Å².